The van der Waals surface area contributed by atoms with Crippen molar-refractivity contribution in [2.75, 3.05) is 18.0 Å². The number of nitrogens with two attached hydrogens (primary N) is 1. The van der Waals surface area contributed by atoms with Crippen LogP contribution in [0.4, 0.5) is 5.69 Å². The molecule has 1 heterocycles. The average molecular weight is 190 g/mol. The first kappa shape index (κ1) is 9.53. The first-order valence-electron chi connectivity index (χ1n) is 5.42. The van der Waals surface area contributed by atoms with Crippen molar-refractivity contribution in [3.63, 3.8) is 0 Å². The molecule has 2 rings (SSSR count). The van der Waals surface area contributed by atoms with Gasteiger partial charge in [0.25, 0.3) is 0 Å². The summed E-state index contributed by atoms with van der Waals surface area (Å²) in [6.45, 7) is 4.47. The van der Waals surface area contributed by atoms with Gasteiger partial charge in [-0.2, -0.15) is 0 Å². The molecule has 0 amide bonds. The minimum absolute atomic E-state index is 0.235. The highest BCUT2D eigenvalue weighted by atomic mass is 15.1. The van der Waals surface area contributed by atoms with Gasteiger partial charge in [-0.15, -0.1) is 0 Å². The Morgan fingerprint density at radius 2 is 2.21 bits per heavy atom. The van der Waals surface area contributed by atoms with Crippen molar-refractivity contribution < 1.29 is 0 Å². The van der Waals surface area contributed by atoms with E-state index in [1.807, 2.05) is 0 Å². The molecule has 0 spiro atoms. The Kier molecular flexibility index (Phi) is 2.73. The number of hydrogen-bond donors (Lipinski definition) is 1. The van der Waals surface area contributed by atoms with Gasteiger partial charge < -0.3 is 10.6 Å². The van der Waals surface area contributed by atoms with Crippen LogP contribution in [-0.4, -0.2) is 13.1 Å². The van der Waals surface area contributed by atoms with Gasteiger partial charge in [-0.1, -0.05) is 25.1 Å². The number of hydrogen-bond acceptors (Lipinski definition) is 2. The van der Waals surface area contributed by atoms with Gasteiger partial charge in [0.2, 0.25) is 0 Å². The van der Waals surface area contributed by atoms with Crippen LogP contribution < -0.4 is 10.6 Å². The van der Waals surface area contributed by atoms with Gasteiger partial charge in [-0.3, -0.25) is 0 Å². The molecule has 1 aliphatic heterocycles. The Hall–Kier alpha value is -1.02. The van der Waals surface area contributed by atoms with Crippen LogP contribution in [0.2, 0.25) is 0 Å². The van der Waals surface area contributed by atoms with Crippen molar-refractivity contribution in [2.45, 2.75) is 25.8 Å². The van der Waals surface area contributed by atoms with Crippen molar-refractivity contribution in [3.8, 4) is 0 Å². The Morgan fingerprint density at radius 3 is 3.00 bits per heavy atom. The zero-order valence-corrected chi connectivity index (χ0v) is 8.74. The van der Waals surface area contributed by atoms with E-state index in [4.69, 9.17) is 5.73 Å². The third-order valence-electron chi connectivity index (χ3n) is 2.88. The molecule has 76 valence electrons. The fourth-order valence-electron chi connectivity index (χ4n) is 2.16. The lowest BCUT2D eigenvalue weighted by atomic mass is 9.97. The monoisotopic (exact) mass is 190 g/mol. The molecule has 0 fully saturated rings. The quantitative estimate of drug-likeness (QED) is 0.775. The van der Waals surface area contributed by atoms with E-state index in [1.54, 1.807) is 0 Å². The van der Waals surface area contributed by atoms with Crippen LogP contribution >= 0.6 is 0 Å². The van der Waals surface area contributed by atoms with E-state index in [0.717, 1.165) is 19.5 Å². The third kappa shape index (κ3) is 1.62. The topological polar surface area (TPSA) is 29.3 Å². The fraction of sp³-hybridized carbons (Fsp3) is 0.500. The lowest BCUT2D eigenvalue weighted by Crippen LogP contribution is -2.34. The largest absolute Gasteiger partial charge is 0.371 e. The highest BCUT2D eigenvalue weighted by Crippen LogP contribution is 2.31. The molecule has 0 saturated heterocycles. The Balaban J connectivity index is 2.31. The molecule has 0 saturated carbocycles. The molecule has 14 heavy (non-hydrogen) atoms. The molecule has 0 bridgehead atoms. The van der Waals surface area contributed by atoms with Crippen molar-refractivity contribution >= 4 is 5.69 Å². The smallest absolute Gasteiger partial charge is 0.0414 e. The first-order chi connectivity index (χ1) is 6.83. The van der Waals surface area contributed by atoms with E-state index >= 15 is 0 Å². The Bertz CT molecular complexity index is 309. The van der Waals surface area contributed by atoms with E-state index in [-0.39, 0.29) is 6.04 Å². The number of fused-ring (bicyclic) bond motifs is 1. The number of para-hydroxylation sites is 1. The van der Waals surface area contributed by atoms with Crippen LogP contribution in [0.1, 0.15) is 31.4 Å². The first-order valence-corrected chi connectivity index (χ1v) is 5.42. The van der Waals surface area contributed by atoms with E-state index in [2.05, 4.69) is 36.1 Å². The number of rotatable bonds is 2. The lowest BCUT2D eigenvalue weighted by molar-refractivity contribution is 0.588. The number of benzene rings is 1. The minimum atomic E-state index is 0.235. The van der Waals surface area contributed by atoms with E-state index in [1.165, 1.54) is 17.7 Å². The van der Waals surface area contributed by atoms with Gasteiger partial charge in [0, 0.05) is 24.8 Å². The van der Waals surface area contributed by atoms with Crippen LogP contribution in [-0.2, 0) is 0 Å². The SMILES string of the molecule is CCCN1CCC(N)c2ccccc21. The van der Waals surface area contributed by atoms with Gasteiger partial charge in [0.15, 0.2) is 0 Å². The van der Waals surface area contributed by atoms with Crippen molar-refractivity contribution in [2.24, 2.45) is 5.73 Å². The molecule has 2 heteroatoms. The average Bonchev–Trinajstić information content (AvgIpc) is 2.23. The van der Waals surface area contributed by atoms with E-state index in [9.17, 15) is 0 Å². The van der Waals surface area contributed by atoms with Crippen LogP contribution in [0.3, 0.4) is 0 Å². The highest BCUT2D eigenvalue weighted by Gasteiger charge is 2.20. The van der Waals surface area contributed by atoms with Gasteiger partial charge in [0.05, 0.1) is 0 Å². The number of nitrogens with zero attached hydrogens (tertiary/aromatic N) is 1. The molecule has 2 N–H and O–H groups in total. The van der Waals surface area contributed by atoms with Gasteiger partial charge in [-0.25, -0.2) is 0 Å². The summed E-state index contributed by atoms with van der Waals surface area (Å²) >= 11 is 0. The maximum absolute atomic E-state index is 6.08. The zero-order chi connectivity index (χ0) is 9.97. The van der Waals surface area contributed by atoms with Crippen molar-refractivity contribution in [1.82, 2.24) is 0 Å². The van der Waals surface area contributed by atoms with Crippen LogP contribution in [0.25, 0.3) is 0 Å². The molecule has 1 aromatic rings. The summed E-state index contributed by atoms with van der Waals surface area (Å²) in [5, 5.41) is 0. The standard InChI is InChI=1S/C12H18N2/c1-2-8-14-9-7-11(13)10-5-3-4-6-12(10)14/h3-6,11H,2,7-9,13H2,1H3. The van der Waals surface area contributed by atoms with E-state index in [0.29, 0.717) is 0 Å². The number of anilines is 1. The molecule has 0 radical (unpaired) electrons. The molecule has 0 aliphatic carbocycles. The second-order valence-corrected chi connectivity index (χ2v) is 3.94. The van der Waals surface area contributed by atoms with Crippen molar-refractivity contribution in [1.29, 1.82) is 0 Å². The van der Waals surface area contributed by atoms with Crippen LogP contribution in [0.5, 0.6) is 0 Å². The molecular weight excluding hydrogens is 172 g/mol. The Labute approximate surface area is 85.7 Å². The van der Waals surface area contributed by atoms with Crippen molar-refractivity contribution in [3.05, 3.63) is 29.8 Å². The maximum atomic E-state index is 6.08. The predicted molar refractivity (Wildman–Crippen MR) is 60.5 cm³/mol. The summed E-state index contributed by atoms with van der Waals surface area (Å²) < 4.78 is 0. The highest BCUT2D eigenvalue weighted by molar-refractivity contribution is 5.56. The molecule has 1 aliphatic rings. The Morgan fingerprint density at radius 1 is 1.43 bits per heavy atom. The summed E-state index contributed by atoms with van der Waals surface area (Å²) in [4.78, 5) is 2.44. The second-order valence-electron chi connectivity index (χ2n) is 3.94. The van der Waals surface area contributed by atoms with Crippen LogP contribution in [0, 0.1) is 0 Å². The minimum Gasteiger partial charge on any atom is -0.371 e. The normalized spacial score (nSPS) is 20.7. The van der Waals surface area contributed by atoms with Gasteiger partial charge >= 0.3 is 0 Å². The van der Waals surface area contributed by atoms with Crippen LogP contribution in [0.15, 0.2) is 24.3 Å². The summed E-state index contributed by atoms with van der Waals surface area (Å²) in [6, 6.07) is 8.75. The summed E-state index contributed by atoms with van der Waals surface area (Å²) in [5.74, 6) is 0. The third-order valence-corrected chi connectivity index (χ3v) is 2.88. The maximum Gasteiger partial charge on any atom is 0.0414 e. The second kappa shape index (κ2) is 4.01. The van der Waals surface area contributed by atoms with Gasteiger partial charge in [-0.05, 0) is 24.5 Å². The molecule has 1 aromatic carbocycles. The predicted octanol–water partition coefficient (Wildman–Crippen LogP) is 2.31. The fourth-order valence-corrected chi connectivity index (χ4v) is 2.16. The molecule has 1 unspecified atom stereocenters. The molecule has 1 atom stereocenters. The molecule has 0 aromatic heterocycles. The van der Waals surface area contributed by atoms with E-state index < -0.39 is 0 Å². The zero-order valence-electron chi connectivity index (χ0n) is 8.74. The molecular formula is C12H18N2. The summed E-state index contributed by atoms with van der Waals surface area (Å²) in [7, 11) is 0. The summed E-state index contributed by atoms with van der Waals surface area (Å²) in [6.07, 6.45) is 2.28. The summed E-state index contributed by atoms with van der Waals surface area (Å²) in [5.41, 5.74) is 8.73. The van der Waals surface area contributed by atoms with Gasteiger partial charge in [0.1, 0.15) is 0 Å². The lowest BCUT2D eigenvalue weighted by Gasteiger charge is -2.34. The molecule has 2 nitrogen and oxygen atoms in total.